The molecular formula is C24H23N7O2. The third-order valence-electron chi connectivity index (χ3n) is 5.94. The molecule has 6 rings (SSSR count). The topological polar surface area (TPSA) is 90.7 Å². The fourth-order valence-electron chi connectivity index (χ4n) is 4.03. The second kappa shape index (κ2) is 7.77. The molecule has 0 bridgehead atoms. The van der Waals surface area contributed by atoms with Gasteiger partial charge in [0.1, 0.15) is 17.0 Å². The van der Waals surface area contributed by atoms with E-state index in [1.807, 2.05) is 39.5 Å². The van der Waals surface area contributed by atoms with Gasteiger partial charge in [-0.15, -0.1) is 0 Å². The normalized spacial score (nSPS) is 13.6. The molecule has 1 N–H and O–H groups in total. The van der Waals surface area contributed by atoms with Crippen LogP contribution in [0.15, 0.2) is 61.4 Å². The van der Waals surface area contributed by atoms with Crippen LogP contribution in [-0.2, 0) is 13.1 Å². The van der Waals surface area contributed by atoms with Crippen LogP contribution in [0.3, 0.4) is 0 Å². The molecule has 0 aromatic carbocycles. The molecule has 1 aliphatic carbocycles. The van der Waals surface area contributed by atoms with Crippen LogP contribution >= 0.6 is 0 Å². The predicted molar refractivity (Wildman–Crippen MR) is 121 cm³/mol. The first-order chi connectivity index (χ1) is 16.1. The summed E-state index contributed by atoms with van der Waals surface area (Å²) in [6.45, 7) is 0.825. The number of nitrogens with one attached hydrogen (secondary N) is 1. The molecule has 33 heavy (non-hydrogen) atoms. The number of amides is 1. The number of carbonyl (C=O) groups excluding carboxylic acids is 1. The maximum absolute atomic E-state index is 12.6. The Morgan fingerprint density at radius 3 is 2.76 bits per heavy atom. The van der Waals surface area contributed by atoms with E-state index in [1.54, 1.807) is 24.2 Å². The summed E-state index contributed by atoms with van der Waals surface area (Å²) in [6.07, 6.45) is 13.7. The molecule has 166 valence electrons. The molecule has 0 unspecified atom stereocenters. The highest BCUT2D eigenvalue weighted by atomic mass is 16.5. The third-order valence-corrected chi connectivity index (χ3v) is 5.94. The molecule has 9 nitrogen and oxygen atoms in total. The smallest absolute Gasteiger partial charge is 0.254 e. The van der Waals surface area contributed by atoms with Crippen molar-refractivity contribution >= 4 is 17.2 Å². The average molecular weight is 441 g/mol. The molecule has 5 aromatic heterocycles. The molecule has 1 saturated carbocycles. The third kappa shape index (κ3) is 3.93. The maximum Gasteiger partial charge on any atom is 0.254 e. The van der Waals surface area contributed by atoms with Gasteiger partial charge < -0.3 is 18.9 Å². The summed E-state index contributed by atoms with van der Waals surface area (Å²) in [5, 5.41) is 7.25. The predicted octanol–water partition coefficient (Wildman–Crippen LogP) is 3.04. The van der Waals surface area contributed by atoms with Crippen molar-refractivity contribution in [2.75, 3.05) is 7.11 Å². The molecule has 0 radical (unpaired) electrons. The van der Waals surface area contributed by atoms with Gasteiger partial charge in [-0.3, -0.25) is 9.48 Å². The van der Waals surface area contributed by atoms with Gasteiger partial charge in [-0.05, 0) is 48.6 Å². The Morgan fingerprint density at radius 2 is 1.91 bits per heavy atom. The average Bonchev–Trinajstić information content (AvgIpc) is 3.25. The SMILES string of the molecule is COc1ccc2nc(CNC(=O)c3cnn(Cc4cn5ccc(C6CC6)cc5n4)c3)cn2c1. The lowest BCUT2D eigenvalue weighted by Gasteiger charge is -2.00. The highest BCUT2D eigenvalue weighted by Crippen LogP contribution is 2.40. The molecule has 5 aromatic rings. The van der Waals surface area contributed by atoms with E-state index in [4.69, 9.17) is 9.72 Å². The molecule has 0 saturated heterocycles. The Morgan fingerprint density at radius 1 is 1.06 bits per heavy atom. The molecule has 0 spiro atoms. The van der Waals surface area contributed by atoms with E-state index >= 15 is 0 Å². The van der Waals surface area contributed by atoms with Crippen LogP contribution in [0.25, 0.3) is 11.3 Å². The van der Waals surface area contributed by atoms with E-state index < -0.39 is 0 Å². The van der Waals surface area contributed by atoms with Gasteiger partial charge in [-0.25, -0.2) is 9.97 Å². The highest BCUT2D eigenvalue weighted by Gasteiger charge is 2.23. The maximum atomic E-state index is 12.6. The molecule has 1 fully saturated rings. The minimum atomic E-state index is -0.194. The number of fused-ring (bicyclic) bond motifs is 2. The zero-order valence-electron chi connectivity index (χ0n) is 18.2. The fraction of sp³-hybridized carbons (Fsp3) is 0.250. The summed E-state index contributed by atoms with van der Waals surface area (Å²) in [4.78, 5) is 21.9. The first-order valence-corrected chi connectivity index (χ1v) is 10.9. The number of methoxy groups -OCH3 is 1. The standard InChI is InChI=1S/C24H23N7O2/c1-33-21-4-5-22-27-19(12-30(22)15-21)10-25-24(32)18-9-26-31(11-18)14-20-13-29-7-6-17(16-2-3-16)8-23(29)28-20/h4-9,11-13,15-16H,2-3,10,14H2,1H3,(H,25,32). The van der Waals surface area contributed by atoms with Crippen molar-refractivity contribution in [3.05, 3.63) is 84.0 Å². The Kier molecular flexibility index (Phi) is 4.60. The number of hydrogen-bond donors (Lipinski definition) is 1. The van der Waals surface area contributed by atoms with Crippen LogP contribution in [0.4, 0.5) is 0 Å². The van der Waals surface area contributed by atoms with E-state index in [1.165, 1.54) is 18.4 Å². The van der Waals surface area contributed by atoms with Gasteiger partial charge in [0.15, 0.2) is 0 Å². The summed E-state index contributed by atoms with van der Waals surface area (Å²) in [7, 11) is 1.62. The van der Waals surface area contributed by atoms with Crippen molar-refractivity contribution in [2.45, 2.75) is 31.8 Å². The number of ether oxygens (including phenoxy) is 1. The molecule has 9 heteroatoms. The van der Waals surface area contributed by atoms with E-state index in [-0.39, 0.29) is 5.91 Å². The zero-order chi connectivity index (χ0) is 22.4. The lowest BCUT2D eigenvalue weighted by molar-refractivity contribution is 0.0950. The number of rotatable bonds is 7. The van der Waals surface area contributed by atoms with Crippen LogP contribution in [0.2, 0.25) is 0 Å². The summed E-state index contributed by atoms with van der Waals surface area (Å²) in [6, 6.07) is 8.07. The molecule has 0 atom stereocenters. The van der Waals surface area contributed by atoms with Crippen LogP contribution in [0.5, 0.6) is 5.75 Å². The van der Waals surface area contributed by atoms with Gasteiger partial charge >= 0.3 is 0 Å². The lowest BCUT2D eigenvalue weighted by atomic mass is 10.2. The van der Waals surface area contributed by atoms with Crippen molar-refractivity contribution in [1.82, 2.24) is 33.9 Å². The van der Waals surface area contributed by atoms with Crippen molar-refractivity contribution in [1.29, 1.82) is 0 Å². The molecule has 1 aliphatic rings. The summed E-state index contributed by atoms with van der Waals surface area (Å²) >= 11 is 0. The molecule has 0 aliphatic heterocycles. The number of imidazole rings is 2. The Hall–Kier alpha value is -4.14. The zero-order valence-corrected chi connectivity index (χ0v) is 18.2. The molecular weight excluding hydrogens is 418 g/mol. The second-order valence-corrected chi connectivity index (χ2v) is 8.41. The van der Waals surface area contributed by atoms with Crippen LogP contribution in [-0.4, -0.2) is 41.6 Å². The van der Waals surface area contributed by atoms with Gasteiger partial charge in [0.2, 0.25) is 0 Å². The number of hydrogen-bond acceptors (Lipinski definition) is 5. The number of carbonyl (C=O) groups is 1. The summed E-state index contributed by atoms with van der Waals surface area (Å²) in [5.41, 5.74) is 5.27. The molecule has 5 heterocycles. The molecule has 1 amide bonds. The summed E-state index contributed by atoms with van der Waals surface area (Å²) < 4.78 is 10.9. The monoisotopic (exact) mass is 441 g/mol. The Labute approximate surface area is 189 Å². The quantitative estimate of drug-likeness (QED) is 0.419. The minimum Gasteiger partial charge on any atom is -0.495 e. The number of nitrogens with zero attached hydrogens (tertiary/aromatic N) is 6. The van der Waals surface area contributed by atoms with Gasteiger partial charge in [-0.2, -0.15) is 5.10 Å². The van der Waals surface area contributed by atoms with Crippen molar-refractivity contribution in [2.24, 2.45) is 0 Å². The van der Waals surface area contributed by atoms with Crippen LogP contribution in [0, 0.1) is 0 Å². The Bertz CT molecular complexity index is 1470. The fourth-order valence-corrected chi connectivity index (χ4v) is 4.03. The van der Waals surface area contributed by atoms with E-state index in [2.05, 4.69) is 33.7 Å². The van der Waals surface area contributed by atoms with Gasteiger partial charge in [0.05, 0.1) is 49.5 Å². The largest absolute Gasteiger partial charge is 0.495 e. The van der Waals surface area contributed by atoms with E-state index in [0.717, 1.165) is 28.4 Å². The Balaban J connectivity index is 1.11. The minimum absolute atomic E-state index is 0.194. The first-order valence-electron chi connectivity index (χ1n) is 10.9. The van der Waals surface area contributed by atoms with Crippen LogP contribution < -0.4 is 10.1 Å². The number of aromatic nitrogens is 6. The van der Waals surface area contributed by atoms with E-state index in [9.17, 15) is 4.79 Å². The second-order valence-electron chi connectivity index (χ2n) is 8.41. The van der Waals surface area contributed by atoms with Crippen LogP contribution in [0.1, 0.15) is 46.1 Å². The van der Waals surface area contributed by atoms with Crippen molar-refractivity contribution in [3.8, 4) is 5.75 Å². The van der Waals surface area contributed by atoms with Crippen molar-refractivity contribution in [3.63, 3.8) is 0 Å². The van der Waals surface area contributed by atoms with Gasteiger partial charge in [-0.1, -0.05) is 0 Å². The van der Waals surface area contributed by atoms with Gasteiger partial charge in [0, 0.05) is 24.8 Å². The van der Waals surface area contributed by atoms with Gasteiger partial charge in [0.25, 0.3) is 5.91 Å². The highest BCUT2D eigenvalue weighted by molar-refractivity contribution is 5.93. The van der Waals surface area contributed by atoms with Crippen molar-refractivity contribution < 1.29 is 9.53 Å². The lowest BCUT2D eigenvalue weighted by Crippen LogP contribution is -2.22. The first kappa shape index (κ1) is 19.5. The van der Waals surface area contributed by atoms with E-state index in [0.29, 0.717) is 24.6 Å². The number of pyridine rings is 2. The summed E-state index contributed by atoms with van der Waals surface area (Å²) in [5.74, 6) is 1.25.